The van der Waals surface area contributed by atoms with E-state index in [2.05, 4.69) is 22.0 Å². The van der Waals surface area contributed by atoms with E-state index in [0.717, 1.165) is 54.7 Å². The van der Waals surface area contributed by atoms with Crippen molar-refractivity contribution in [2.75, 3.05) is 45.4 Å². The average Bonchev–Trinajstić information content (AvgIpc) is 2.67. The van der Waals surface area contributed by atoms with Crippen molar-refractivity contribution in [1.82, 2.24) is 0 Å². The number of rotatable bonds is 5. The number of ether oxygens (including phenoxy) is 3. The summed E-state index contributed by atoms with van der Waals surface area (Å²) in [4.78, 5) is 6.83. The monoisotopic (exact) mass is 326 g/mol. The average molecular weight is 326 g/mol. The second kappa shape index (κ2) is 7.84. The number of benzene rings is 2. The van der Waals surface area contributed by atoms with Crippen molar-refractivity contribution in [2.45, 2.75) is 0 Å². The van der Waals surface area contributed by atoms with Crippen molar-refractivity contribution >= 4 is 17.6 Å². The topological polar surface area (TPSA) is 43.3 Å². The third-order valence-corrected chi connectivity index (χ3v) is 4.02. The minimum absolute atomic E-state index is 0.748. The summed E-state index contributed by atoms with van der Waals surface area (Å²) in [5, 5.41) is 0. The largest absolute Gasteiger partial charge is 0.496 e. The first-order chi connectivity index (χ1) is 11.8. The van der Waals surface area contributed by atoms with E-state index < -0.39 is 0 Å². The van der Waals surface area contributed by atoms with Crippen molar-refractivity contribution in [3.8, 4) is 11.5 Å². The summed E-state index contributed by atoms with van der Waals surface area (Å²) in [5.74, 6) is 1.55. The minimum atomic E-state index is 0.748. The van der Waals surface area contributed by atoms with Crippen molar-refractivity contribution in [3.63, 3.8) is 0 Å². The van der Waals surface area contributed by atoms with Crippen molar-refractivity contribution in [3.05, 3.63) is 48.0 Å². The van der Waals surface area contributed by atoms with Crippen molar-refractivity contribution in [2.24, 2.45) is 4.99 Å². The SMILES string of the molecule is COc1cc(N2CCOCC2)ccc1C=Nc1ccccc1OC. The number of nitrogens with zero attached hydrogens (tertiary/aromatic N) is 2. The standard InChI is InChI=1S/C19H22N2O3/c1-22-18-6-4-3-5-17(18)20-14-15-7-8-16(13-19(15)23-2)21-9-11-24-12-10-21/h3-8,13-14H,9-12H2,1-2H3. The molecule has 0 spiro atoms. The molecule has 1 fully saturated rings. The van der Waals surface area contributed by atoms with Gasteiger partial charge in [-0.25, -0.2) is 0 Å². The molecule has 0 aromatic heterocycles. The van der Waals surface area contributed by atoms with Gasteiger partial charge in [0.2, 0.25) is 0 Å². The van der Waals surface area contributed by atoms with E-state index in [1.165, 1.54) is 0 Å². The third-order valence-electron chi connectivity index (χ3n) is 4.02. The van der Waals surface area contributed by atoms with Gasteiger partial charge in [0.15, 0.2) is 0 Å². The number of hydrogen-bond acceptors (Lipinski definition) is 5. The smallest absolute Gasteiger partial charge is 0.144 e. The van der Waals surface area contributed by atoms with Crippen LogP contribution in [-0.2, 0) is 4.74 Å². The molecule has 5 heteroatoms. The first-order valence-corrected chi connectivity index (χ1v) is 7.99. The predicted octanol–water partition coefficient (Wildman–Crippen LogP) is 3.29. The van der Waals surface area contributed by atoms with Gasteiger partial charge in [0.1, 0.15) is 17.2 Å². The van der Waals surface area contributed by atoms with Crippen LogP contribution in [0.4, 0.5) is 11.4 Å². The molecule has 0 saturated carbocycles. The van der Waals surface area contributed by atoms with Gasteiger partial charge in [-0.2, -0.15) is 0 Å². The van der Waals surface area contributed by atoms with E-state index >= 15 is 0 Å². The Kier molecular flexibility index (Phi) is 5.33. The Morgan fingerprint density at radius 3 is 2.50 bits per heavy atom. The van der Waals surface area contributed by atoms with Crippen LogP contribution >= 0.6 is 0 Å². The zero-order valence-corrected chi connectivity index (χ0v) is 14.1. The molecule has 0 unspecified atom stereocenters. The molecule has 0 bridgehead atoms. The van der Waals surface area contributed by atoms with E-state index in [4.69, 9.17) is 14.2 Å². The molecule has 5 nitrogen and oxygen atoms in total. The Morgan fingerprint density at radius 1 is 1.00 bits per heavy atom. The maximum atomic E-state index is 5.54. The molecule has 1 aliphatic rings. The van der Waals surface area contributed by atoms with Crippen LogP contribution < -0.4 is 14.4 Å². The first-order valence-electron chi connectivity index (χ1n) is 7.99. The summed E-state index contributed by atoms with van der Waals surface area (Å²) in [6.07, 6.45) is 1.81. The van der Waals surface area contributed by atoms with Crippen LogP contribution in [0.25, 0.3) is 0 Å². The quantitative estimate of drug-likeness (QED) is 0.791. The highest BCUT2D eigenvalue weighted by molar-refractivity contribution is 5.87. The van der Waals surface area contributed by atoms with E-state index in [9.17, 15) is 0 Å². The molecule has 0 atom stereocenters. The maximum Gasteiger partial charge on any atom is 0.144 e. The van der Waals surface area contributed by atoms with Crippen LogP contribution in [0.1, 0.15) is 5.56 Å². The second-order valence-electron chi connectivity index (χ2n) is 5.46. The van der Waals surface area contributed by atoms with Crippen LogP contribution in [0, 0.1) is 0 Å². The molecule has 0 aliphatic carbocycles. The van der Waals surface area contributed by atoms with Gasteiger partial charge in [-0.05, 0) is 24.3 Å². The van der Waals surface area contributed by atoms with Crippen molar-refractivity contribution in [1.29, 1.82) is 0 Å². The Morgan fingerprint density at radius 2 is 1.75 bits per heavy atom. The highest BCUT2D eigenvalue weighted by Gasteiger charge is 2.13. The van der Waals surface area contributed by atoms with Gasteiger partial charge in [0.05, 0.1) is 27.4 Å². The third kappa shape index (κ3) is 3.68. The Bertz CT molecular complexity index is 710. The highest BCUT2D eigenvalue weighted by Crippen LogP contribution is 2.28. The minimum Gasteiger partial charge on any atom is -0.496 e. The number of para-hydroxylation sites is 2. The van der Waals surface area contributed by atoms with Gasteiger partial charge in [-0.3, -0.25) is 4.99 Å². The summed E-state index contributed by atoms with van der Waals surface area (Å²) in [7, 11) is 3.32. The highest BCUT2D eigenvalue weighted by atomic mass is 16.5. The van der Waals surface area contributed by atoms with Crippen LogP contribution in [0.2, 0.25) is 0 Å². The van der Waals surface area contributed by atoms with Gasteiger partial charge in [0, 0.05) is 36.6 Å². The van der Waals surface area contributed by atoms with Gasteiger partial charge >= 0.3 is 0 Å². The maximum absolute atomic E-state index is 5.54. The van der Waals surface area contributed by atoms with Crippen LogP contribution in [0.15, 0.2) is 47.5 Å². The number of aliphatic imine (C=N–C) groups is 1. The molecule has 1 saturated heterocycles. The Hall–Kier alpha value is -2.53. The lowest BCUT2D eigenvalue weighted by Gasteiger charge is -2.29. The van der Waals surface area contributed by atoms with Crippen LogP contribution in [0.3, 0.4) is 0 Å². The first kappa shape index (κ1) is 16.3. The van der Waals surface area contributed by atoms with Crippen LogP contribution in [0.5, 0.6) is 11.5 Å². The Balaban J connectivity index is 1.84. The molecule has 1 heterocycles. The molecule has 2 aromatic rings. The number of morpholine rings is 1. The molecule has 0 N–H and O–H groups in total. The fourth-order valence-electron chi connectivity index (χ4n) is 2.70. The Labute approximate surface area is 142 Å². The second-order valence-corrected chi connectivity index (χ2v) is 5.46. The summed E-state index contributed by atoms with van der Waals surface area (Å²) in [5.41, 5.74) is 2.87. The van der Waals surface area contributed by atoms with Gasteiger partial charge < -0.3 is 19.1 Å². The lowest BCUT2D eigenvalue weighted by atomic mass is 10.1. The molecule has 2 aromatic carbocycles. The molecule has 0 amide bonds. The lowest BCUT2D eigenvalue weighted by molar-refractivity contribution is 0.122. The summed E-state index contributed by atoms with van der Waals surface area (Å²) < 4.78 is 16.3. The molecular weight excluding hydrogens is 304 g/mol. The van der Waals surface area contributed by atoms with E-state index in [1.54, 1.807) is 20.4 Å². The lowest BCUT2D eigenvalue weighted by Crippen LogP contribution is -2.36. The molecular formula is C19H22N2O3. The van der Waals surface area contributed by atoms with Crippen LogP contribution in [-0.4, -0.2) is 46.7 Å². The fraction of sp³-hybridized carbons (Fsp3) is 0.316. The number of anilines is 1. The normalized spacial score (nSPS) is 14.8. The summed E-state index contributed by atoms with van der Waals surface area (Å²) in [6, 6.07) is 13.9. The molecule has 126 valence electrons. The van der Waals surface area contributed by atoms with E-state index in [-0.39, 0.29) is 0 Å². The van der Waals surface area contributed by atoms with E-state index in [1.807, 2.05) is 30.3 Å². The fourth-order valence-corrected chi connectivity index (χ4v) is 2.70. The van der Waals surface area contributed by atoms with Gasteiger partial charge in [-0.15, -0.1) is 0 Å². The number of hydrogen-bond donors (Lipinski definition) is 0. The van der Waals surface area contributed by atoms with Gasteiger partial charge in [0.25, 0.3) is 0 Å². The number of methoxy groups -OCH3 is 2. The summed E-state index contributed by atoms with van der Waals surface area (Å²) >= 11 is 0. The van der Waals surface area contributed by atoms with Crippen molar-refractivity contribution < 1.29 is 14.2 Å². The molecule has 0 radical (unpaired) electrons. The zero-order chi connectivity index (χ0) is 16.8. The predicted molar refractivity (Wildman–Crippen MR) is 96.3 cm³/mol. The van der Waals surface area contributed by atoms with Gasteiger partial charge in [-0.1, -0.05) is 12.1 Å². The van der Waals surface area contributed by atoms with E-state index in [0.29, 0.717) is 0 Å². The molecule has 3 rings (SSSR count). The molecule has 24 heavy (non-hydrogen) atoms. The summed E-state index contributed by atoms with van der Waals surface area (Å²) in [6.45, 7) is 3.33. The zero-order valence-electron chi connectivity index (χ0n) is 14.1. The molecule has 1 aliphatic heterocycles.